The molecule has 0 aromatic heterocycles. The molecule has 1 N–H and O–H groups in total. The fourth-order valence-corrected chi connectivity index (χ4v) is 1.09. The summed E-state index contributed by atoms with van der Waals surface area (Å²) < 4.78 is 0. The first kappa shape index (κ1) is 8.65. The SMILES string of the molecule is C/N=C\c1ccccc1C(C)=N. The Hall–Kier alpha value is -1.44. The molecule has 0 amide bonds. The molecule has 0 bridgehead atoms. The molecule has 2 nitrogen and oxygen atoms in total. The number of rotatable bonds is 2. The van der Waals surface area contributed by atoms with Crippen molar-refractivity contribution >= 4 is 11.9 Å². The van der Waals surface area contributed by atoms with Crippen molar-refractivity contribution in [1.29, 1.82) is 5.41 Å². The second-order valence-electron chi connectivity index (χ2n) is 2.60. The van der Waals surface area contributed by atoms with Gasteiger partial charge in [0.15, 0.2) is 0 Å². The molecule has 0 aliphatic rings. The van der Waals surface area contributed by atoms with Gasteiger partial charge in [-0.2, -0.15) is 0 Å². The Labute approximate surface area is 72.5 Å². The van der Waals surface area contributed by atoms with Crippen LogP contribution >= 0.6 is 0 Å². The molecule has 0 fully saturated rings. The highest BCUT2D eigenvalue weighted by Gasteiger charge is 1.99. The van der Waals surface area contributed by atoms with Crippen LogP contribution in [0.3, 0.4) is 0 Å². The van der Waals surface area contributed by atoms with E-state index < -0.39 is 0 Å². The lowest BCUT2D eigenvalue weighted by Gasteiger charge is -2.01. The van der Waals surface area contributed by atoms with Crippen LogP contribution in [0.1, 0.15) is 18.1 Å². The van der Waals surface area contributed by atoms with E-state index in [-0.39, 0.29) is 0 Å². The van der Waals surface area contributed by atoms with E-state index in [4.69, 9.17) is 5.41 Å². The lowest BCUT2D eigenvalue weighted by atomic mass is 10.1. The quantitative estimate of drug-likeness (QED) is 0.643. The first-order valence-electron chi connectivity index (χ1n) is 3.82. The van der Waals surface area contributed by atoms with Gasteiger partial charge in [-0.3, -0.25) is 4.99 Å². The molecule has 0 saturated carbocycles. The molecule has 0 radical (unpaired) electrons. The summed E-state index contributed by atoms with van der Waals surface area (Å²) in [6.07, 6.45) is 1.77. The van der Waals surface area contributed by atoms with Crippen molar-refractivity contribution in [1.82, 2.24) is 0 Å². The van der Waals surface area contributed by atoms with Crippen LogP contribution in [0.2, 0.25) is 0 Å². The fourth-order valence-electron chi connectivity index (χ4n) is 1.09. The average Bonchev–Trinajstić information content (AvgIpc) is 2.05. The maximum absolute atomic E-state index is 7.49. The molecular weight excluding hydrogens is 148 g/mol. The predicted octanol–water partition coefficient (Wildman–Crippen LogP) is 2.12. The molecule has 0 saturated heterocycles. The molecule has 12 heavy (non-hydrogen) atoms. The van der Waals surface area contributed by atoms with Crippen molar-refractivity contribution in [2.45, 2.75) is 6.92 Å². The van der Waals surface area contributed by atoms with Gasteiger partial charge in [0.05, 0.1) is 0 Å². The summed E-state index contributed by atoms with van der Waals surface area (Å²) in [4.78, 5) is 3.93. The Morgan fingerprint density at radius 1 is 1.42 bits per heavy atom. The van der Waals surface area contributed by atoms with Gasteiger partial charge in [0, 0.05) is 30.1 Å². The molecule has 1 aromatic carbocycles. The highest BCUT2D eigenvalue weighted by molar-refractivity contribution is 6.03. The van der Waals surface area contributed by atoms with E-state index in [0.29, 0.717) is 5.71 Å². The van der Waals surface area contributed by atoms with E-state index in [2.05, 4.69) is 4.99 Å². The number of benzene rings is 1. The minimum absolute atomic E-state index is 0.575. The molecule has 2 heteroatoms. The van der Waals surface area contributed by atoms with E-state index in [9.17, 15) is 0 Å². The van der Waals surface area contributed by atoms with Crippen LogP contribution in [-0.2, 0) is 0 Å². The predicted molar refractivity (Wildman–Crippen MR) is 52.5 cm³/mol. The molecule has 0 spiro atoms. The summed E-state index contributed by atoms with van der Waals surface area (Å²) in [5, 5.41) is 7.49. The second kappa shape index (κ2) is 3.81. The van der Waals surface area contributed by atoms with E-state index in [1.54, 1.807) is 20.2 Å². The Kier molecular flexibility index (Phi) is 2.75. The van der Waals surface area contributed by atoms with Crippen molar-refractivity contribution < 1.29 is 0 Å². The Balaban J connectivity index is 3.17. The van der Waals surface area contributed by atoms with Crippen LogP contribution in [0.5, 0.6) is 0 Å². The van der Waals surface area contributed by atoms with Crippen molar-refractivity contribution in [2.24, 2.45) is 4.99 Å². The topological polar surface area (TPSA) is 36.2 Å². The highest BCUT2D eigenvalue weighted by atomic mass is 14.6. The summed E-state index contributed by atoms with van der Waals surface area (Å²) >= 11 is 0. The molecule has 62 valence electrons. The van der Waals surface area contributed by atoms with Crippen LogP contribution in [0.4, 0.5) is 0 Å². The standard InChI is InChI=1S/C10H12N2/c1-8(11)10-6-4-3-5-9(10)7-12-2/h3-7,11H,1-2H3/b11-8?,12-7-. The third-order valence-corrected chi connectivity index (χ3v) is 1.63. The van der Waals surface area contributed by atoms with Crippen molar-refractivity contribution in [3.63, 3.8) is 0 Å². The molecule has 0 aliphatic carbocycles. The number of aliphatic imine (C=N–C) groups is 1. The number of hydrogen-bond donors (Lipinski definition) is 1. The monoisotopic (exact) mass is 160 g/mol. The first-order chi connectivity index (χ1) is 5.75. The normalized spacial score (nSPS) is 10.5. The Morgan fingerprint density at radius 3 is 2.67 bits per heavy atom. The molecule has 0 aliphatic heterocycles. The zero-order valence-corrected chi connectivity index (χ0v) is 7.33. The van der Waals surface area contributed by atoms with Gasteiger partial charge in [0.2, 0.25) is 0 Å². The summed E-state index contributed by atoms with van der Waals surface area (Å²) in [6, 6.07) is 7.77. The summed E-state index contributed by atoms with van der Waals surface area (Å²) in [5.74, 6) is 0. The lowest BCUT2D eigenvalue weighted by Crippen LogP contribution is -1.97. The van der Waals surface area contributed by atoms with Crippen molar-refractivity contribution in [3.05, 3.63) is 35.4 Å². The van der Waals surface area contributed by atoms with Gasteiger partial charge in [0.1, 0.15) is 0 Å². The number of nitrogens with one attached hydrogen (secondary N) is 1. The Morgan fingerprint density at radius 2 is 2.08 bits per heavy atom. The average molecular weight is 160 g/mol. The maximum Gasteiger partial charge on any atom is 0.0361 e. The maximum atomic E-state index is 7.49. The van der Waals surface area contributed by atoms with Crippen LogP contribution in [0, 0.1) is 5.41 Å². The van der Waals surface area contributed by atoms with Crippen LogP contribution in [0.25, 0.3) is 0 Å². The summed E-state index contributed by atoms with van der Waals surface area (Å²) in [5.41, 5.74) is 2.53. The number of nitrogens with zero attached hydrogens (tertiary/aromatic N) is 1. The Bertz CT molecular complexity index is 313. The van der Waals surface area contributed by atoms with Crippen LogP contribution < -0.4 is 0 Å². The zero-order valence-electron chi connectivity index (χ0n) is 7.33. The van der Waals surface area contributed by atoms with Gasteiger partial charge < -0.3 is 5.41 Å². The van der Waals surface area contributed by atoms with Crippen molar-refractivity contribution in [2.75, 3.05) is 7.05 Å². The zero-order chi connectivity index (χ0) is 8.97. The minimum atomic E-state index is 0.575. The van der Waals surface area contributed by atoms with Gasteiger partial charge in [-0.25, -0.2) is 0 Å². The van der Waals surface area contributed by atoms with Gasteiger partial charge in [-0.1, -0.05) is 24.3 Å². The molecule has 1 aromatic rings. The van der Waals surface area contributed by atoms with E-state index in [1.807, 2.05) is 24.3 Å². The first-order valence-corrected chi connectivity index (χ1v) is 3.82. The number of hydrogen-bond acceptors (Lipinski definition) is 2. The molecule has 0 atom stereocenters. The smallest absolute Gasteiger partial charge is 0.0361 e. The summed E-state index contributed by atoms with van der Waals surface area (Å²) in [7, 11) is 1.73. The van der Waals surface area contributed by atoms with Gasteiger partial charge >= 0.3 is 0 Å². The van der Waals surface area contributed by atoms with E-state index in [1.165, 1.54) is 0 Å². The minimum Gasteiger partial charge on any atom is -0.305 e. The molecular formula is C10H12N2. The second-order valence-corrected chi connectivity index (χ2v) is 2.60. The van der Waals surface area contributed by atoms with Gasteiger partial charge in [-0.15, -0.1) is 0 Å². The lowest BCUT2D eigenvalue weighted by molar-refractivity contribution is 1.43. The van der Waals surface area contributed by atoms with E-state index in [0.717, 1.165) is 11.1 Å². The highest BCUT2D eigenvalue weighted by Crippen LogP contribution is 2.06. The largest absolute Gasteiger partial charge is 0.305 e. The fraction of sp³-hybridized carbons (Fsp3) is 0.200. The summed E-state index contributed by atoms with van der Waals surface area (Å²) in [6.45, 7) is 1.78. The third-order valence-electron chi connectivity index (χ3n) is 1.63. The van der Waals surface area contributed by atoms with E-state index >= 15 is 0 Å². The van der Waals surface area contributed by atoms with Gasteiger partial charge in [0.25, 0.3) is 0 Å². The van der Waals surface area contributed by atoms with Crippen LogP contribution in [0.15, 0.2) is 29.3 Å². The van der Waals surface area contributed by atoms with Gasteiger partial charge in [-0.05, 0) is 6.92 Å². The molecule has 1 rings (SSSR count). The third kappa shape index (κ3) is 1.78. The molecule has 0 unspecified atom stereocenters. The van der Waals surface area contributed by atoms with Crippen molar-refractivity contribution in [3.8, 4) is 0 Å². The van der Waals surface area contributed by atoms with Crippen LogP contribution in [-0.4, -0.2) is 19.0 Å². The molecule has 0 heterocycles.